The van der Waals surface area contributed by atoms with Gasteiger partial charge in [-0.1, -0.05) is 17.7 Å². The number of halogens is 1. The first-order valence-corrected chi connectivity index (χ1v) is 4.18. The van der Waals surface area contributed by atoms with Gasteiger partial charge in [-0.25, -0.2) is 0 Å². The zero-order chi connectivity index (χ0) is 8.97. The Hall–Kier alpha value is -1.02. The average Bonchev–Trinajstić information content (AvgIpc) is 2.05. The fraction of sp³-hybridized carbons (Fsp3) is 0.222. The second-order valence-electron chi connectivity index (χ2n) is 2.51. The second kappa shape index (κ2) is 4.12. The topological polar surface area (TPSA) is 29.1 Å². The molecule has 0 aliphatic rings. The highest BCUT2D eigenvalue weighted by molar-refractivity contribution is 6.19. The van der Waals surface area contributed by atoms with Gasteiger partial charge >= 0.3 is 0 Å². The number of rotatable bonds is 2. The van der Waals surface area contributed by atoms with E-state index in [1.807, 2.05) is 25.1 Å². The molecule has 0 aromatic heterocycles. The molecule has 1 aromatic carbocycles. The molecule has 0 atom stereocenters. The molecule has 12 heavy (non-hydrogen) atoms. The molecule has 3 heteroatoms. The van der Waals surface area contributed by atoms with Crippen LogP contribution < -0.4 is 5.32 Å². The molecule has 1 amide bonds. The molecule has 0 aliphatic heterocycles. The number of benzene rings is 1. The van der Waals surface area contributed by atoms with Crippen LogP contribution in [0.5, 0.6) is 0 Å². The van der Waals surface area contributed by atoms with Crippen LogP contribution in [0.3, 0.4) is 0 Å². The third-order valence-electron chi connectivity index (χ3n) is 1.51. The van der Waals surface area contributed by atoms with Crippen LogP contribution in [0.4, 0.5) is 0 Å². The SMILES string of the molecule is Cc1cccc(C(=O)NCCl)c1. The lowest BCUT2D eigenvalue weighted by Crippen LogP contribution is -2.21. The molecule has 2 nitrogen and oxygen atoms in total. The van der Waals surface area contributed by atoms with Crippen molar-refractivity contribution in [2.75, 3.05) is 6.00 Å². The van der Waals surface area contributed by atoms with E-state index in [2.05, 4.69) is 5.32 Å². The minimum absolute atomic E-state index is 0.131. The van der Waals surface area contributed by atoms with Crippen molar-refractivity contribution in [2.45, 2.75) is 6.92 Å². The smallest absolute Gasteiger partial charge is 0.252 e. The predicted octanol–water partition coefficient (Wildman–Crippen LogP) is 1.92. The van der Waals surface area contributed by atoms with Gasteiger partial charge in [-0.05, 0) is 19.1 Å². The van der Waals surface area contributed by atoms with Gasteiger partial charge < -0.3 is 5.32 Å². The van der Waals surface area contributed by atoms with Gasteiger partial charge in [0.25, 0.3) is 5.91 Å². The number of carbonyl (C=O) groups is 1. The summed E-state index contributed by atoms with van der Waals surface area (Å²) in [5.41, 5.74) is 1.72. The van der Waals surface area contributed by atoms with Gasteiger partial charge in [0.2, 0.25) is 0 Å². The second-order valence-corrected chi connectivity index (χ2v) is 2.78. The molecular weight excluding hydrogens is 174 g/mol. The Kier molecular flexibility index (Phi) is 3.11. The summed E-state index contributed by atoms with van der Waals surface area (Å²) in [6, 6.07) is 7.51. The Labute approximate surface area is 76.5 Å². The largest absolute Gasteiger partial charge is 0.339 e. The van der Waals surface area contributed by atoms with Crippen LogP contribution in [-0.4, -0.2) is 11.9 Å². The lowest BCUT2D eigenvalue weighted by atomic mass is 10.1. The summed E-state index contributed by atoms with van der Waals surface area (Å²) in [5, 5.41) is 2.52. The zero-order valence-electron chi connectivity index (χ0n) is 6.80. The van der Waals surface area contributed by atoms with Gasteiger partial charge in [-0.3, -0.25) is 4.79 Å². The molecule has 0 saturated carbocycles. The van der Waals surface area contributed by atoms with Crippen LogP contribution in [0.25, 0.3) is 0 Å². The van der Waals surface area contributed by atoms with Gasteiger partial charge in [-0.15, -0.1) is 11.6 Å². The van der Waals surface area contributed by atoms with Crippen LogP contribution in [0.15, 0.2) is 24.3 Å². The third-order valence-corrected chi connectivity index (χ3v) is 1.64. The summed E-state index contributed by atoms with van der Waals surface area (Å²) in [6.45, 7) is 1.94. The Morgan fingerprint density at radius 2 is 2.33 bits per heavy atom. The van der Waals surface area contributed by atoms with Crippen molar-refractivity contribution < 1.29 is 4.79 Å². The summed E-state index contributed by atoms with van der Waals surface area (Å²) in [4.78, 5) is 11.2. The Bertz CT molecular complexity index is 286. The van der Waals surface area contributed by atoms with Gasteiger partial charge in [0.15, 0.2) is 0 Å². The molecular formula is C9H10ClNO. The molecule has 64 valence electrons. The molecule has 0 saturated heterocycles. The minimum atomic E-state index is -0.131. The van der Waals surface area contributed by atoms with Crippen LogP contribution in [0.1, 0.15) is 15.9 Å². The third kappa shape index (κ3) is 2.24. The van der Waals surface area contributed by atoms with Gasteiger partial charge in [0.1, 0.15) is 0 Å². The first-order chi connectivity index (χ1) is 5.74. The average molecular weight is 184 g/mol. The quantitative estimate of drug-likeness (QED) is 0.551. The first-order valence-electron chi connectivity index (χ1n) is 3.65. The summed E-state index contributed by atoms with van der Waals surface area (Å²) >= 11 is 5.35. The number of amides is 1. The fourth-order valence-electron chi connectivity index (χ4n) is 0.949. The molecule has 0 bridgehead atoms. The molecule has 0 fully saturated rings. The van der Waals surface area contributed by atoms with Crippen molar-refractivity contribution in [1.82, 2.24) is 5.32 Å². The fourth-order valence-corrected chi connectivity index (χ4v) is 1.07. The predicted molar refractivity (Wildman–Crippen MR) is 49.4 cm³/mol. The van der Waals surface area contributed by atoms with E-state index in [4.69, 9.17) is 11.6 Å². The van der Waals surface area contributed by atoms with E-state index in [0.717, 1.165) is 5.56 Å². The van der Waals surface area contributed by atoms with Crippen molar-refractivity contribution in [1.29, 1.82) is 0 Å². The number of hydrogen-bond donors (Lipinski definition) is 1. The van der Waals surface area contributed by atoms with Crippen molar-refractivity contribution in [3.63, 3.8) is 0 Å². The highest BCUT2D eigenvalue weighted by atomic mass is 35.5. The standard InChI is InChI=1S/C9H10ClNO/c1-7-3-2-4-8(5-7)9(12)11-6-10/h2-5H,6H2,1H3,(H,11,12). The van der Waals surface area contributed by atoms with Gasteiger partial charge in [0, 0.05) is 5.56 Å². The van der Waals surface area contributed by atoms with Gasteiger partial charge in [-0.2, -0.15) is 0 Å². The Morgan fingerprint density at radius 3 is 2.92 bits per heavy atom. The minimum Gasteiger partial charge on any atom is -0.339 e. The molecule has 0 heterocycles. The van der Waals surface area contributed by atoms with E-state index in [-0.39, 0.29) is 11.9 Å². The number of alkyl halides is 1. The van der Waals surface area contributed by atoms with Crippen molar-refractivity contribution in [3.05, 3.63) is 35.4 Å². The summed E-state index contributed by atoms with van der Waals surface area (Å²) < 4.78 is 0. The number of nitrogens with one attached hydrogen (secondary N) is 1. The maximum absolute atomic E-state index is 11.2. The van der Waals surface area contributed by atoms with E-state index in [1.165, 1.54) is 0 Å². The van der Waals surface area contributed by atoms with Crippen LogP contribution in [-0.2, 0) is 0 Å². The van der Waals surface area contributed by atoms with E-state index in [0.29, 0.717) is 5.56 Å². The number of carbonyl (C=O) groups excluding carboxylic acids is 1. The highest BCUT2D eigenvalue weighted by Crippen LogP contribution is 2.03. The molecule has 0 radical (unpaired) electrons. The first kappa shape index (κ1) is 9.07. The Morgan fingerprint density at radius 1 is 1.58 bits per heavy atom. The lowest BCUT2D eigenvalue weighted by molar-refractivity contribution is 0.0960. The van der Waals surface area contributed by atoms with E-state index in [9.17, 15) is 4.79 Å². The summed E-state index contributed by atoms with van der Waals surface area (Å²) in [7, 11) is 0. The molecule has 0 aliphatic carbocycles. The van der Waals surface area contributed by atoms with Crippen LogP contribution in [0, 0.1) is 6.92 Å². The lowest BCUT2D eigenvalue weighted by Gasteiger charge is -2.01. The molecule has 1 rings (SSSR count). The van der Waals surface area contributed by atoms with Crippen molar-refractivity contribution in [2.24, 2.45) is 0 Å². The maximum atomic E-state index is 11.2. The van der Waals surface area contributed by atoms with Crippen molar-refractivity contribution in [3.8, 4) is 0 Å². The zero-order valence-corrected chi connectivity index (χ0v) is 7.56. The van der Waals surface area contributed by atoms with E-state index >= 15 is 0 Å². The number of aryl methyl sites for hydroxylation is 1. The molecule has 0 spiro atoms. The maximum Gasteiger partial charge on any atom is 0.252 e. The van der Waals surface area contributed by atoms with Crippen LogP contribution >= 0.6 is 11.6 Å². The van der Waals surface area contributed by atoms with Gasteiger partial charge in [0.05, 0.1) is 6.00 Å². The monoisotopic (exact) mass is 183 g/mol. The summed E-state index contributed by atoms with van der Waals surface area (Å²) in [6.07, 6.45) is 0. The highest BCUT2D eigenvalue weighted by Gasteiger charge is 2.02. The summed E-state index contributed by atoms with van der Waals surface area (Å²) in [5.74, 6) is -0.131. The van der Waals surface area contributed by atoms with E-state index in [1.54, 1.807) is 6.07 Å². The molecule has 0 unspecified atom stereocenters. The number of hydrogen-bond acceptors (Lipinski definition) is 1. The van der Waals surface area contributed by atoms with E-state index < -0.39 is 0 Å². The normalized spacial score (nSPS) is 9.50. The Balaban J connectivity index is 2.81. The molecule has 1 N–H and O–H groups in total. The van der Waals surface area contributed by atoms with Crippen molar-refractivity contribution >= 4 is 17.5 Å². The molecule has 1 aromatic rings. The van der Waals surface area contributed by atoms with Crippen LogP contribution in [0.2, 0.25) is 0 Å².